The van der Waals surface area contributed by atoms with Crippen LogP contribution >= 0.6 is 11.6 Å². The number of hydrogen-bond donors (Lipinski definition) is 1. The Hall–Kier alpha value is -3.64. The van der Waals surface area contributed by atoms with Gasteiger partial charge in [0.15, 0.2) is 0 Å². The maximum atomic E-state index is 13.6. The van der Waals surface area contributed by atoms with Crippen molar-refractivity contribution in [2.45, 2.75) is 26.8 Å². The zero-order chi connectivity index (χ0) is 26.4. The molecule has 1 N–H and O–H groups in total. The normalized spacial score (nSPS) is 11.2. The van der Waals surface area contributed by atoms with E-state index in [2.05, 4.69) is 11.1 Å². The summed E-state index contributed by atoms with van der Waals surface area (Å²) in [7, 11) is 0. The average molecular weight is 520 g/mol. The Kier molecular flexibility index (Phi) is 8.62. The Balaban J connectivity index is 1.55. The van der Waals surface area contributed by atoms with Crippen LogP contribution in [-0.4, -0.2) is 46.2 Å². The zero-order valence-corrected chi connectivity index (χ0v) is 21.8. The number of rotatable bonds is 10. The van der Waals surface area contributed by atoms with Crippen molar-refractivity contribution >= 4 is 34.3 Å². The second-order valence-corrected chi connectivity index (χ2v) is 10.1. The van der Waals surface area contributed by atoms with Crippen LogP contribution in [0.3, 0.4) is 0 Å². The van der Waals surface area contributed by atoms with Gasteiger partial charge in [-0.25, -0.2) is 4.39 Å². The number of hydrogen-bond acceptors (Lipinski definition) is 2. The predicted octanol–water partition coefficient (Wildman–Crippen LogP) is 6.33. The van der Waals surface area contributed by atoms with Gasteiger partial charge in [-0.15, -0.1) is 0 Å². The van der Waals surface area contributed by atoms with Gasteiger partial charge in [0.25, 0.3) is 5.91 Å². The van der Waals surface area contributed by atoms with Crippen molar-refractivity contribution in [1.29, 1.82) is 0 Å². The van der Waals surface area contributed by atoms with E-state index in [1.807, 2.05) is 38.2 Å². The Labute approximate surface area is 221 Å². The molecule has 3 aromatic carbocycles. The van der Waals surface area contributed by atoms with Crippen LogP contribution in [0, 0.1) is 11.7 Å². The number of nitrogens with zero attached hydrogens (tertiary/aromatic N) is 2. The first-order chi connectivity index (χ1) is 17.8. The lowest BCUT2D eigenvalue weighted by molar-refractivity contribution is -0.132. The van der Waals surface area contributed by atoms with Gasteiger partial charge in [0.05, 0.1) is 0 Å². The summed E-state index contributed by atoms with van der Waals surface area (Å²) in [6.45, 7) is 5.21. The number of amides is 2. The molecule has 37 heavy (non-hydrogen) atoms. The van der Waals surface area contributed by atoms with Crippen LogP contribution in [0.25, 0.3) is 10.9 Å². The van der Waals surface area contributed by atoms with Gasteiger partial charge in [-0.05, 0) is 65.9 Å². The van der Waals surface area contributed by atoms with Gasteiger partial charge < -0.3 is 14.8 Å². The van der Waals surface area contributed by atoms with Crippen LogP contribution in [0.1, 0.15) is 35.3 Å². The third-order valence-corrected chi connectivity index (χ3v) is 6.51. The molecule has 0 bridgehead atoms. The molecule has 4 rings (SSSR count). The third-order valence-electron chi connectivity index (χ3n) is 6.26. The molecule has 0 aliphatic rings. The minimum absolute atomic E-state index is 0.0469. The van der Waals surface area contributed by atoms with Crippen LogP contribution in [0.15, 0.2) is 79.0 Å². The fourth-order valence-electron chi connectivity index (χ4n) is 4.39. The number of carbonyl (C=O) groups is 2. The molecule has 192 valence electrons. The molecule has 0 aliphatic carbocycles. The van der Waals surface area contributed by atoms with Gasteiger partial charge in [0, 0.05) is 47.3 Å². The molecule has 0 saturated carbocycles. The topological polar surface area (TPSA) is 56.4 Å². The maximum Gasteiger partial charge on any atom is 0.254 e. The Bertz CT molecular complexity index is 1350. The van der Waals surface area contributed by atoms with Crippen LogP contribution in [-0.2, 0) is 17.8 Å². The average Bonchev–Trinajstić information content (AvgIpc) is 3.30. The van der Waals surface area contributed by atoms with E-state index >= 15 is 0 Å². The smallest absolute Gasteiger partial charge is 0.254 e. The van der Waals surface area contributed by atoms with E-state index in [4.69, 9.17) is 11.6 Å². The lowest BCUT2D eigenvalue weighted by atomic mass is 10.1. The van der Waals surface area contributed by atoms with Gasteiger partial charge in [-0.1, -0.05) is 55.8 Å². The van der Waals surface area contributed by atoms with E-state index in [0.717, 1.165) is 22.0 Å². The molecular weight excluding hydrogens is 489 g/mol. The van der Waals surface area contributed by atoms with Gasteiger partial charge in [0.2, 0.25) is 5.91 Å². The molecule has 0 fully saturated rings. The molecular formula is C30H31ClFN3O2. The number of aromatic nitrogens is 1. The van der Waals surface area contributed by atoms with E-state index in [0.29, 0.717) is 36.6 Å². The molecule has 2 amide bonds. The summed E-state index contributed by atoms with van der Waals surface area (Å²) in [5.41, 5.74) is 3.48. The van der Waals surface area contributed by atoms with Gasteiger partial charge in [-0.3, -0.25) is 9.59 Å². The number of fused-ring (bicyclic) bond motifs is 1. The minimum Gasteiger partial charge on any atom is -0.361 e. The van der Waals surface area contributed by atoms with E-state index in [-0.39, 0.29) is 30.1 Å². The van der Waals surface area contributed by atoms with Crippen LogP contribution in [0.5, 0.6) is 0 Å². The number of aromatic amines is 1. The first-order valence-electron chi connectivity index (χ1n) is 12.4. The third kappa shape index (κ3) is 6.98. The molecule has 1 heterocycles. The molecule has 4 aromatic rings. The fourth-order valence-corrected chi connectivity index (χ4v) is 4.52. The van der Waals surface area contributed by atoms with Crippen molar-refractivity contribution in [3.05, 3.63) is 107 Å². The van der Waals surface area contributed by atoms with Crippen molar-refractivity contribution in [2.75, 3.05) is 19.6 Å². The summed E-state index contributed by atoms with van der Waals surface area (Å²) < 4.78 is 13.5. The second kappa shape index (κ2) is 12.1. The second-order valence-electron chi connectivity index (χ2n) is 9.64. The highest BCUT2D eigenvalue weighted by Gasteiger charge is 2.23. The quantitative estimate of drug-likeness (QED) is 0.266. The van der Waals surface area contributed by atoms with E-state index in [9.17, 15) is 14.0 Å². The lowest BCUT2D eigenvalue weighted by Gasteiger charge is -2.29. The standard InChI is InChI=1S/C30H31ClFN3O2/c1-21(2)18-35(30(37)23-9-11-25(31)12-10-23)20-29(36)34(19-22-7-13-26(32)14-8-22)16-15-24-17-33-28-6-4-3-5-27(24)28/h3-14,17,21,33H,15-16,18-20H2,1-2H3. The van der Waals surface area contributed by atoms with Gasteiger partial charge in [-0.2, -0.15) is 0 Å². The van der Waals surface area contributed by atoms with Crippen molar-refractivity contribution in [2.24, 2.45) is 5.92 Å². The van der Waals surface area contributed by atoms with Crippen molar-refractivity contribution in [3.8, 4) is 0 Å². The van der Waals surface area contributed by atoms with E-state index in [1.165, 1.54) is 12.1 Å². The first-order valence-corrected chi connectivity index (χ1v) is 12.8. The molecule has 0 aliphatic heterocycles. The summed E-state index contributed by atoms with van der Waals surface area (Å²) >= 11 is 5.99. The van der Waals surface area contributed by atoms with Crippen molar-refractivity contribution in [3.63, 3.8) is 0 Å². The molecule has 0 radical (unpaired) electrons. The number of para-hydroxylation sites is 1. The fraction of sp³-hybridized carbons (Fsp3) is 0.267. The molecule has 0 unspecified atom stereocenters. The predicted molar refractivity (Wildman–Crippen MR) is 146 cm³/mol. The van der Waals surface area contributed by atoms with E-state index < -0.39 is 0 Å². The molecule has 0 atom stereocenters. The molecule has 5 nitrogen and oxygen atoms in total. The molecule has 0 saturated heterocycles. The van der Waals surface area contributed by atoms with Crippen LogP contribution < -0.4 is 0 Å². The first kappa shape index (κ1) is 26.4. The number of carbonyl (C=O) groups excluding carboxylic acids is 2. The highest BCUT2D eigenvalue weighted by Crippen LogP contribution is 2.19. The summed E-state index contributed by atoms with van der Waals surface area (Å²) in [6, 6.07) is 20.9. The van der Waals surface area contributed by atoms with Gasteiger partial charge >= 0.3 is 0 Å². The summed E-state index contributed by atoms with van der Waals surface area (Å²) in [5, 5.41) is 1.67. The number of benzene rings is 3. The monoisotopic (exact) mass is 519 g/mol. The highest BCUT2D eigenvalue weighted by atomic mass is 35.5. The summed E-state index contributed by atoms with van der Waals surface area (Å²) in [6.07, 6.45) is 2.62. The summed E-state index contributed by atoms with van der Waals surface area (Å²) in [5.74, 6) is -0.512. The minimum atomic E-state index is -0.322. The molecule has 1 aromatic heterocycles. The zero-order valence-electron chi connectivity index (χ0n) is 21.1. The van der Waals surface area contributed by atoms with Crippen LogP contribution in [0.4, 0.5) is 4.39 Å². The number of nitrogens with one attached hydrogen (secondary N) is 1. The Morgan fingerprint density at radius 2 is 1.65 bits per heavy atom. The number of H-pyrrole nitrogens is 1. The van der Waals surface area contributed by atoms with Crippen molar-refractivity contribution in [1.82, 2.24) is 14.8 Å². The Morgan fingerprint density at radius 3 is 2.35 bits per heavy atom. The number of halogens is 2. The molecule has 7 heteroatoms. The maximum absolute atomic E-state index is 13.6. The highest BCUT2D eigenvalue weighted by molar-refractivity contribution is 6.30. The van der Waals surface area contributed by atoms with Crippen molar-refractivity contribution < 1.29 is 14.0 Å². The SMILES string of the molecule is CC(C)CN(CC(=O)N(CCc1c[nH]c2ccccc12)Cc1ccc(F)cc1)C(=O)c1ccc(Cl)cc1. The Morgan fingerprint density at radius 1 is 0.946 bits per heavy atom. The molecule has 0 spiro atoms. The van der Waals surface area contributed by atoms with Gasteiger partial charge in [0.1, 0.15) is 12.4 Å². The van der Waals surface area contributed by atoms with E-state index in [1.54, 1.807) is 46.2 Å². The lowest BCUT2D eigenvalue weighted by Crippen LogP contribution is -2.44. The largest absolute Gasteiger partial charge is 0.361 e. The summed E-state index contributed by atoms with van der Waals surface area (Å²) in [4.78, 5) is 33.6. The van der Waals surface area contributed by atoms with Crippen LogP contribution in [0.2, 0.25) is 5.02 Å².